The zero-order valence-corrected chi connectivity index (χ0v) is 16.6. The van der Waals surface area contributed by atoms with Crippen LogP contribution < -0.4 is 11.1 Å². The van der Waals surface area contributed by atoms with Gasteiger partial charge in [0.2, 0.25) is 0 Å². The van der Waals surface area contributed by atoms with Gasteiger partial charge >= 0.3 is 0 Å². The quantitative estimate of drug-likeness (QED) is 0.433. The van der Waals surface area contributed by atoms with Crippen molar-refractivity contribution >= 4 is 35.6 Å². The van der Waals surface area contributed by atoms with Crippen LogP contribution in [-0.4, -0.2) is 21.6 Å². The van der Waals surface area contributed by atoms with Crippen LogP contribution in [0.4, 0.5) is 5.69 Å². The maximum absolute atomic E-state index is 6.07. The SMILES string of the molecule is CCC(C)c1ccc(NC(N)=NC2CCn3ccnc3C2)cc1.I. The van der Waals surface area contributed by atoms with Gasteiger partial charge in [-0.05, 0) is 36.5 Å². The highest BCUT2D eigenvalue weighted by molar-refractivity contribution is 14.0. The Morgan fingerprint density at radius 2 is 2.17 bits per heavy atom. The summed E-state index contributed by atoms with van der Waals surface area (Å²) in [7, 11) is 0. The molecule has 1 aliphatic rings. The minimum absolute atomic E-state index is 0. The number of fused-ring (bicyclic) bond motifs is 1. The normalized spacial score (nSPS) is 18.4. The predicted molar refractivity (Wildman–Crippen MR) is 110 cm³/mol. The molecule has 6 heteroatoms. The maximum Gasteiger partial charge on any atom is 0.193 e. The molecule has 0 saturated carbocycles. The number of rotatable bonds is 4. The average Bonchev–Trinajstić information content (AvgIpc) is 3.02. The van der Waals surface area contributed by atoms with E-state index in [9.17, 15) is 0 Å². The first kappa shape index (κ1) is 18.8. The summed E-state index contributed by atoms with van der Waals surface area (Å²) in [6, 6.07) is 8.65. The third-order valence-electron chi connectivity index (χ3n) is 4.61. The van der Waals surface area contributed by atoms with E-state index in [1.165, 1.54) is 5.56 Å². The van der Waals surface area contributed by atoms with Crippen molar-refractivity contribution in [1.29, 1.82) is 0 Å². The van der Waals surface area contributed by atoms with Crippen molar-refractivity contribution in [3.8, 4) is 0 Å². The van der Waals surface area contributed by atoms with E-state index in [2.05, 4.69) is 58.0 Å². The number of hydrogen-bond donors (Lipinski definition) is 2. The third kappa shape index (κ3) is 4.49. The number of imidazole rings is 1. The highest BCUT2D eigenvalue weighted by Gasteiger charge is 2.18. The fraction of sp³-hybridized carbons (Fsp3) is 0.444. The lowest BCUT2D eigenvalue weighted by atomic mass is 9.99. The number of hydrogen-bond acceptors (Lipinski definition) is 2. The molecule has 24 heavy (non-hydrogen) atoms. The molecular weight excluding hydrogens is 413 g/mol. The maximum atomic E-state index is 6.07. The number of aliphatic imine (C=N–C) groups is 1. The number of nitrogens with two attached hydrogens (primary N) is 1. The lowest BCUT2D eigenvalue weighted by Gasteiger charge is -2.20. The Bertz CT molecular complexity index is 677. The fourth-order valence-electron chi connectivity index (χ4n) is 2.95. The van der Waals surface area contributed by atoms with E-state index in [0.29, 0.717) is 11.9 Å². The van der Waals surface area contributed by atoms with Crippen molar-refractivity contribution < 1.29 is 0 Å². The summed E-state index contributed by atoms with van der Waals surface area (Å²) in [6.45, 7) is 5.41. The van der Waals surface area contributed by atoms with E-state index in [-0.39, 0.29) is 30.0 Å². The van der Waals surface area contributed by atoms with Crippen molar-refractivity contribution in [3.63, 3.8) is 0 Å². The van der Waals surface area contributed by atoms with Gasteiger partial charge in [-0.3, -0.25) is 0 Å². The molecule has 3 rings (SSSR count). The summed E-state index contributed by atoms with van der Waals surface area (Å²) in [4.78, 5) is 8.98. The monoisotopic (exact) mass is 439 g/mol. The van der Waals surface area contributed by atoms with Crippen molar-refractivity contribution in [1.82, 2.24) is 9.55 Å². The molecule has 0 bridgehead atoms. The third-order valence-corrected chi connectivity index (χ3v) is 4.61. The topological polar surface area (TPSA) is 68.2 Å². The zero-order chi connectivity index (χ0) is 16.2. The summed E-state index contributed by atoms with van der Waals surface area (Å²) in [5, 5.41) is 3.19. The van der Waals surface area contributed by atoms with Crippen molar-refractivity contribution in [2.75, 3.05) is 5.32 Å². The summed E-state index contributed by atoms with van der Waals surface area (Å²) in [5.74, 6) is 2.16. The zero-order valence-electron chi connectivity index (χ0n) is 14.3. The van der Waals surface area contributed by atoms with Gasteiger partial charge in [0.1, 0.15) is 5.82 Å². The lowest BCUT2D eigenvalue weighted by Crippen LogP contribution is -2.29. The van der Waals surface area contributed by atoms with Crippen LogP contribution in [0.5, 0.6) is 0 Å². The van der Waals surface area contributed by atoms with Crippen LogP contribution >= 0.6 is 24.0 Å². The molecule has 5 nitrogen and oxygen atoms in total. The molecule has 0 fully saturated rings. The number of nitrogens with zero attached hydrogens (tertiary/aromatic N) is 3. The smallest absolute Gasteiger partial charge is 0.193 e. The molecule has 2 atom stereocenters. The van der Waals surface area contributed by atoms with Crippen LogP contribution in [0.25, 0.3) is 0 Å². The predicted octanol–water partition coefficient (Wildman–Crippen LogP) is 3.76. The Balaban J connectivity index is 0.00000208. The number of guanidine groups is 1. The van der Waals surface area contributed by atoms with Gasteiger partial charge in [0.25, 0.3) is 0 Å². The van der Waals surface area contributed by atoms with Crippen LogP contribution in [0.1, 0.15) is 44.0 Å². The Morgan fingerprint density at radius 3 is 2.88 bits per heavy atom. The highest BCUT2D eigenvalue weighted by atomic mass is 127. The van der Waals surface area contributed by atoms with E-state index in [0.717, 1.165) is 37.3 Å². The largest absolute Gasteiger partial charge is 0.370 e. The Hall–Kier alpha value is -1.57. The van der Waals surface area contributed by atoms with Gasteiger partial charge in [-0.25, -0.2) is 9.98 Å². The van der Waals surface area contributed by atoms with Gasteiger partial charge in [-0.1, -0.05) is 26.0 Å². The van der Waals surface area contributed by atoms with Gasteiger partial charge in [0.15, 0.2) is 5.96 Å². The van der Waals surface area contributed by atoms with E-state index in [1.54, 1.807) is 0 Å². The molecule has 0 spiro atoms. The molecule has 2 unspecified atom stereocenters. The summed E-state index contributed by atoms with van der Waals surface area (Å²) in [6.07, 6.45) is 6.87. The van der Waals surface area contributed by atoms with Crippen LogP contribution in [-0.2, 0) is 13.0 Å². The lowest BCUT2D eigenvalue weighted by molar-refractivity contribution is 0.465. The molecule has 1 aliphatic heterocycles. The first-order chi connectivity index (χ1) is 11.2. The number of anilines is 1. The molecule has 1 aromatic carbocycles. The second-order valence-corrected chi connectivity index (χ2v) is 6.25. The molecule has 130 valence electrons. The standard InChI is InChI=1S/C18H25N5.HI/c1-3-13(2)14-4-6-15(7-5-14)21-18(19)22-16-8-10-23-11-9-20-17(23)12-16;/h4-7,9,11,13,16H,3,8,10,12H2,1-2H3,(H3,19,21,22);1H. The molecule has 2 aromatic rings. The molecule has 0 amide bonds. The summed E-state index contributed by atoms with van der Waals surface area (Å²) < 4.78 is 2.18. The second-order valence-electron chi connectivity index (χ2n) is 6.25. The molecule has 0 radical (unpaired) electrons. The first-order valence-electron chi connectivity index (χ1n) is 8.36. The number of aromatic nitrogens is 2. The van der Waals surface area contributed by atoms with Crippen LogP contribution in [0, 0.1) is 0 Å². The number of halogens is 1. The Morgan fingerprint density at radius 1 is 1.42 bits per heavy atom. The van der Waals surface area contributed by atoms with Crippen molar-refractivity contribution in [2.45, 2.75) is 51.6 Å². The average molecular weight is 439 g/mol. The fourth-order valence-corrected chi connectivity index (χ4v) is 2.95. The molecule has 0 aliphatic carbocycles. The highest BCUT2D eigenvalue weighted by Crippen LogP contribution is 2.20. The minimum atomic E-state index is 0. The first-order valence-corrected chi connectivity index (χ1v) is 8.36. The Labute approximate surface area is 160 Å². The van der Waals surface area contributed by atoms with E-state index >= 15 is 0 Å². The summed E-state index contributed by atoms with van der Waals surface area (Å²) in [5.41, 5.74) is 8.40. The van der Waals surface area contributed by atoms with Crippen LogP contribution in [0.2, 0.25) is 0 Å². The van der Waals surface area contributed by atoms with Crippen LogP contribution in [0.3, 0.4) is 0 Å². The van der Waals surface area contributed by atoms with E-state index < -0.39 is 0 Å². The van der Waals surface area contributed by atoms with Gasteiger partial charge in [-0.2, -0.15) is 0 Å². The second kappa shape index (κ2) is 8.50. The number of nitrogens with one attached hydrogen (secondary N) is 1. The van der Waals surface area contributed by atoms with E-state index in [4.69, 9.17) is 5.73 Å². The number of aryl methyl sites for hydroxylation is 1. The molecular formula is C18H26IN5. The van der Waals surface area contributed by atoms with Gasteiger partial charge in [-0.15, -0.1) is 24.0 Å². The Kier molecular flexibility index (Phi) is 6.65. The molecule has 0 saturated heterocycles. The molecule has 1 aromatic heterocycles. The van der Waals surface area contributed by atoms with Crippen molar-refractivity contribution in [2.24, 2.45) is 10.7 Å². The molecule has 3 N–H and O–H groups in total. The van der Waals surface area contributed by atoms with Gasteiger partial charge < -0.3 is 15.6 Å². The van der Waals surface area contributed by atoms with Crippen molar-refractivity contribution in [3.05, 3.63) is 48.0 Å². The minimum Gasteiger partial charge on any atom is -0.370 e. The molecule has 2 heterocycles. The van der Waals surface area contributed by atoms with E-state index in [1.807, 2.05) is 12.4 Å². The summed E-state index contributed by atoms with van der Waals surface area (Å²) >= 11 is 0. The number of benzene rings is 1. The van der Waals surface area contributed by atoms with Gasteiger partial charge in [0, 0.05) is 31.0 Å². The van der Waals surface area contributed by atoms with Crippen LogP contribution in [0.15, 0.2) is 41.7 Å². The van der Waals surface area contributed by atoms with Gasteiger partial charge in [0.05, 0.1) is 6.04 Å².